The lowest BCUT2D eigenvalue weighted by atomic mass is 10.0. The van der Waals surface area contributed by atoms with Crippen LogP contribution in [-0.2, 0) is 47.7 Å². The van der Waals surface area contributed by atoms with Gasteiger partial charge in [-0.2, -0.15) is 5.10 Å². The van der Waals surface area contributed by atoms with Gasteiger partial charge in [-0.25, -0.2) is 0 Å². The second-order valence-electron chi connectivity index (χ2n) is 7.37. The van der Waals surface area contributed by atoms with Gasteiger partial charge in [-0.3, -0.25) is 39.5 Å². The van der Waals surface area contributed by atoms with Crippen molar-refractivity contribution in [3.05, 3.63) is 34.4 Å². The molecule has 0 unspecified atom stereocenters. The highest BCUT2D eigenvalue weighted by molar-refractivity contribution is 5.75. The summed E-state index contributed by atoms with van der Waals surface area (Å²) in [5, 5.41) is 14.7. The molecule has 4 atom stereocenters. The minimum atomic E-state index is -1.62. The Balaban J connectivity index is 3.40. The molecule has 0 aliphatic carbocycles. The van der Waals surface area contributed by atoms with E-state index in [0.717, 1.165) is 40.8 Å². The highest BCUT2D eigenvalue weighted by atomic mass is 16.6. The van der Waals surface area contributed by atoms with E-state index in [2.05, 4.69) is 10.5 Å². The summed E-state index contributed by atoms with van der Waals surface area (Å²) >= 11 is 0. The van der Waals surface area contributed by atoms with Gasteiger partial charge in [0.05, 0.1) is 16.8 Å². The average molecular weight is 525 g/mol. The molecule has 0 fully saturated rings. The summed E-state index contributed by atoms with van der Waals surface area (Å²) in [6.07, 6.45) is -5.20. The van der Waals surface area contributed by atoms with Crippen molar-refractivity contribution in [3.8, 4) is 0 Å². The quantitative estimate of drug-likeness (QED) is 0.127. The molecule has 0 saturated carbocycles. The van der Waals surface area contributed by atoms with Gasteiger partial charge in [0, 0.05) is 46.8 Å². The molecule has 0 saturated heterocycles. The molecule has 15 nitrogen and oxygen atoms in total. The summed E-state index contributed by atoms with van der Waals surface area (Å²) in [6, 6.07) is 5.16. The Hall–Kier alpha value is -4.56. The predicted molar refractivity (Wildman–Crippen MR) is 124 cm³/mol. The molecule has 1 rings (SSSR count). The molecule has 0 radical (unpaired) electrons. The first kappa shape index (κ1) is 30.5. The van der Waals surface area contributed by atoms with E-state index in [1.165, 1.54) is 24.3 Å². The van der Waals surface area contributed by atoms with E-state index in [0.29, 0.717) is 5.69 Å². The minimum Gasteiger partial charge on any atom is -0.462 e. The first-order valence-corrected chi connectivity index (χ1v) is 10.7. The minimum absolute atomic E-state index is 0.157. The number of carbonyl (C=O) groups is 5. The number of rotatable bonds is 13. The third-order valence-electron chi connectivity index (χ3n) is 4.18. The normalized spacial score (nSPS) is 13.9. The van der Waals surface area contributed by atoms with Crippen molar-refractivity contribution in [1.29, 1.82) is 0 Å². The summed E-state index contributed by atoms with van der Waals surface area (Å²) in [4.78, 5) is 68.9. The number of hydrogen-bond acceptors (Lipinski definition) is 14. The Morgan fingerprint density at radius 1 is 0.838 bits per heavy atom. The monoisotopic (exact) mass is 525 g/mol. The molecule has 1 aromatic carbocycles. The Kier molecular flexibility index (Phi) is 12.1. The summed E-state index contributed by atoms with van der Waals surface area (Å²) in [6.45, 7) is 4.66. The van der Waals surface area contributed by atoms with E-state index in [1.807, 2.05) is 0 Å². The number of esters is 5. The van der Waals surface area contributed by atoms with Crippen molar-refractivity contribution in [2.24, 2.45) is 5.10 Å². The topological polar surface area (TPSA) is 199 Å². The van der Waals surface area contributed by atoms with Crippen LogP contribution in [0.4, 0.5) is 11.4 Å². The van der Waals surface area contributed by atoms with Gasteiger partial charge in [0.15, 0.2) is 24.4 Å². The molecule has 0 aliphatic rings. The molecule has 0 bridgehead atoms. The van der Waals surface area contributed by atoms with E-state index < -0.39 is 65.8 Å². The van der Waals surface area contributed by atoms with Crippen LogP contribution in [0.15, 0.2) is 29.4 Å². The van der Waals surface area contributed by atoms with Crippen LogP contribution in [0.3, 0.4) is 0 Å². The zero-order valence-corrected chi connectivity index (χ0v) is 20.7. The van der Waals surface area contributed by atoms with Crippen LogP contribution in [0.2, 0.25) is 0 Å². The maximum atomic E-state index is 11.9. The molecule has 0 spiro atoms. The molecule has 1 N–H and O–H groups in total. The highest BCUT2D eigenvalue weighted by Crippen LogP contribution is 2.20. The van der Waals surface area contributed by atoms with Crippen molar-refractivity contribution < 1.29 is 52.6 Å². The number of carbonyl (C=O) groups excluding carboxylic acids is 5. The third-order valence-corrected chi connectivity index (χ3v) is 4.18. The van der Waals surface area contributed by atoms with Crippen LogP contribution in [0, 0.1) is 10.1 Å². The average Bonchev–Trinajstić information content (AvgIpc) is 2.77. The van der Waals surface area contributed by atoms with Gasteiger partial charge in [0.1, 0.15) is 6.61 Å². The fourth-order valence-corrected chi connectivity index (χ4v) is 2.88. The molecule has 0 aliphatic heterocycles. The summed E-state index contributed by atoms with van der Waals surface area (Å²) in [7, 11) is 0. The smallest absolute Gasteiger partial charge is 0.303 e. The second-order valence-corrected chi connectivity index (χ2v) is 7.37. The number of hydrogen-bond donors (Lipinski definition) is 1. The molecule has 0 aromatic heterocycles. The number of nitrogens with zero attached hydrogens (tertiary/aromatic N) is 2. The predicted octanol–water partition coefficient (Wildman–Crippen LogP) is 1.28. The van der Waals surface area contributed by atoms with E-state index in [-0.39, 0.29) is 5.69 Å². The van der Waals surface area contributed by atoms with Crippen LogP contribution in [0.1, 0.15) is 34.6 Å². The van der Waals surface area contributed by atoms with E-state index in [1.54, 1.807) is 0 Å². The summed E-state index contributed by atoms with van der Waals surface area (Å²) < 4.78 is 25.8. The fourth-order valence-electron chi connectivity index (χ4n) is 2.88. The van der Waals surface area contributed by atoms with Crippen molar-refractivity contribution in [2.75, 3.05) is 12.0 Å². The number of nitrogens with one attached hydrogen (secondary N) is 1. The Morgan fingerprint density at radius 3 is 1.81 bits per heavy atom. The molecule has 0 heterocycles. The number of anilines is 1. The lowest BCUT2D eigenvalue weighted by Crippen LogP contribution is -2.53. The van der Waals surface area contributed by atoms with E-state index in [4.69, 9.17) is 23.7 Å². The molecule has 1 aromatic rings. The van der Waals surface area contributed by atoms with Gasteiger partial charge in [-0.1, -0.05) is 0 Å². The maximum Gasteiger partial charge on any atom is 0.303 e. The van der Waals surface area contributed by atoms with Crippen LogP contribution < -0.4 is 5.43 Å². The largest absolute Gasteiger partial charge is 0.462 e. The number of non-ortho nitro benzene ring substituents is 1. The standard InChI is InChI=1S/C22H27N3O12/c1-12(26)33-11-20(35-14(3)28)22(37-16(5)30)21(36-15(4)29)19(34-13(2)27)10-23-24-17-6-8-18(9-7-17)25(31)32/h6-10,19-22,24H,11H2,1-5H3/t19-,20+,21+,22-/m0/s1. The number of nitro benzene ring substituents is 1. The van der Waals surface area contributed by atoms with Gasteiger partial charge in [-0.05, 0) is 12.1 Å². The third kappa shape index (κ3) is 11.6. The van der Waals surface area contributed by atoms with Gasteiger partial charge >= 0.3 is 29.8 Å². The van der Waals surface area contributed by atoms with Crippen LogP contribution in [-0.4, -0.2) is 72.0 Å². The SMILES string of the molecule is CC(=O)OC[C@@H](OC(C)=O)[C@H](OC(C)=O)[C@H](OC(C)=O)[C@H](C=NNc1ccc([N+](=O)[O-])cc1)OC(C)=O. The fraction of sp³-hybridized carbons (Fsp3) is 0.455. The number of nitro groups is 1. The number of ether oxygens (including phenoxy) is 5. The highest BCUT2D eigenvalue weighted by Gasteiger charge is 2.43. The first-order valence-electron chi connectivity index (χ1n) is 10.7. The second kappa shape index (κ2) is 14.8. The number of benzene rings is 1. The Morgan fingerprint density at radius 2 is 1.35 bits per heavy atom. The van der Waals surface area contributed by atoms with Crippen LogP contribution in [0.5, 0.6) is 0 Å². The first-order chi connectivity index (χ1) is 17.3. The summed E-state index contributed by atoms with van der Waals surface area (Å²) in [5.74, 6) is -4.19. The Labute approximate surface area is 211 Å². The maximum absolute atomic E-state index is 11.9. The van der Waals surface area contributed by atoms with Crippen LogP contribution >= 0.6 is 0 Å². The lowest BCUT2D eigenvalue weighted by molar-refractivity contribution is -0.384. The van der Waals surface area contributed by atoms with Crippen molar-refractivity contribution in [2.45, 2.75) is 59.0 Å². The van der Waals surface area contributed by atoms with Gasteiger partial charge < -0.3 is 23.7 Å². The van der Waals surface area contributed by atoms with Crippen molar-refractivity contribution in [3.63, 3.8) is 0 Å². The van der Waals surface area contributed by atoms with Gasteiger partial charge in [0.25, 0.3) is 5.69 Å². The van der Waals surface area contributed by atoms with Gasteiger partial charge in [0.2, 0.25) is 0 Å². The van der Waals surface area contributed by atoms with Crippen molar-refractivity contribution >= 4 is 47.4 Å². The molecule has 37 heavy (non-hydrogen) atoms. The van der Waals surface area contributed by atoms with Gasteiger partial charge in [-0.15, -0.1) is 0 Å². The molecule has 15 heteroatoms. The zero-order chi connectivity index (χ0) is 28.1. The van der Waals surface area contributed by atoms with E-state index >= 15 is 0 Å². The zero-order valence-electron chi connectivity index (χ0n) is 20.7. The molecule has 0 amide bonds. The van der Waals surface area contributed by atoms with Crippen molar-refractivity contribution in [1.82, 2.24) is 0 Å². The number of hydrazone groups is 1. The lowest BCUT2D eigenvalue weighted by Gasteiger charge is -2.34. The summed E-state index contributed by atoms with van der Waals surface area (Å²) in [5.41, 5.74) is 2.72. The molecular formula is C22H27N3O12. The Bertz CT molecular complexity index is 1020. The van der Waals surface area contributed by atoms with E-state index in [9.17, 15) is 34.1 Å². The molecular weight excluding hydrogens is 498 g/mol. The van der Waals surface area contributed by atoms with Crippen LogP contribution in [0.25, 0.3) is 0 Å². The molecule has 202 valence electrons.